The summed E-state index contributed by atoms with van der Waals surface area (Å²) in [6, 6.07) is 8.88. The van der Waals surface area contributed by atoms with Crippen LogP contribution in [0.25, 0.3) is 5.69 Å². The van der Waals surface area contributed by atoms with Crippen molar-refractivity contribution >= 4 is 17.4 Å². The zero-order valence-corrected chi connectivity index (χ0v) is 17.6. The largest absolute Gasteiger partial charge is 0.460 e. The van der Waals surface area contributed by atoms with Crippen LogP contribution in [0.5, 0.6) is 0 Å². The van der Waals surface area contributed by atoms with Crippen molar-refractivity contribution in [1.82, 2.24) is 19.7 Å². The number of ether oxygens (including phenoxy) is 1. The molecule has 10 nitrogen and oxygen atoms in total. The average Bonchev–Trinajstić information content (AvgIpc) is 3.16. The van der Waals surface area contributed by atoms with Gasteiger partial charge in [-0.3, -0.25) is 14.9 Å². The van der Waals surface area contributed by atoms with E-state index in [2.05, 4.69) is 10.1 Å². The molecule has 3 rings (SSSR count). The van der Waals surface area contributed by atoms with E-state index < -0.39 is 22.5 Å². The van der Waals surface area contributed by atoms with Gasteiger partial charge in [0.1, 0.15) is 11.6 Å². The molecule has 0 radical (unpaired) electrons. The minimum Gasteiger partial charge on any atom is -0.460 e. The van der Waals surface area contributed by atoms with Gasteiger partial charge < -0.3 is 9.64 Å². The van der Waals surface area contributed by atoms with E-state index >= 15 is 0 Å². The maximum absolute atomic E-state index is 14.3. The fraction of sp³-hybridized carbons (Fsp3) is 0.238. The zero-order valence-electron chi connectivity index (χ0n) is 17.6. The number of nitro groups is 1. The highest BCUT2D eigenvalue weighted by atomic mass is 19.1. The number of halogens is 1. The highest BCUT2D eigenvalue weighted by Crippen LogP contribution is 2.26. The highest BCUT2D eigenvalue weighted by molar-refractivity contribution is 6.11. The van der Waals surface area contributed by atoms with Crippen LogP contribution in [0.1, 0.15) is 39.3 Å². The third-order valence-corrected chi connectivity index (χ3v) is 4.37. The van der Waals surface area contributed by atoms with Crippen LogP contribution in [0.3, 0.4) is 0 Å². The molecule has 0 atom stereocenters. The number of benzene rings is 2. The van der Waals surface area contributed by atoms with Crippen LogP contribution < -0.4 is 0 Å². The lowest BCUT2D eigenvalue weighted by Gasteiger charge is -2.13. The van der Waals surface area contributed by atoms with Gasteiger partial charge in [-0.1, -0.05) is 12.1 Å². The number of esters is 1. The maximum atomic E-state index is 14.3. The summed E-state index contributed by atoms with van der Waals surface area (Å²) in [5.41, 5.74) is -0.657. The summed E-state index contributed by atoms with van der Waals surface area (Å²) in [6.45, 7) is 1.98. The molecule has 0 amide bonds. The molecule has 2 aromatic carbocycles. The lowest BCUT2D eigenvalue weighted by Crippen LogP contribution is -2.17. The van der Waals surface area contributed by atoms with E-state index in [1.165, 1.54) is 35.0 Å². The molecule has 1 aromatic heterocycles. The van der Waals surface area contributed by atoms with E-state index in [1.54, 1.807) is 25.9 Å². The van der Waals surface area contributed by atoms with Crippen molar-refractivity contribution in [3.05, 3.63) is 81.2 Å². The summed E-state index contributed by atoms with van der Waals surface area (Å²) in [7, 11) is 3.54. The number of ketones is 1. The summed E-state index contributed by atoms with van der Waals surface area (Å²) in [5, 5.41) is 15.5. The molecule has 0 saturated carbocycles. The molecule has 166 valence electrons. The van der Waals surface area contributed by atoms with Crippen molar-refractivity contribution in [2.24, 2.45) is 0 Å². The predicted molar refractivity (Wildman–Crippen MR) is 111 cm³/mol. The molecule has 0 N–H and O–H groups in total. The fourth-order valence-electron chi connectivity index (χ4n) is 3.00. The van der Waals surface area contributed by atoms with Gasteiger partial charge in [0.25, 0.3) is 11.5 Å². The van der Waals surface area contributed by atoms with Crippen molar-refractivity contribution in [2.45, 2.75) is 13.5 Å². The first-order chi connectivity index (χ1) is 15.2. The maximum Gasteiger partial charge on any atom is 0.378 e. The van der Waals surface area contributed by atoms with Gasteiger partial charge in [-0.05, 0) is 39.2 Å². The average molecular weight is 441 g/mol. The normalized spacial score (nSPS) is 10.9. The Hall–Kier alpha value is -3.99. The molecular formula is C21H20FN5O5. The Bertz CT molecular complexity index is 1190. The van der Waals surface area contributed by atoms with Crippen LogP contribution >= 0.6 is 0 Å². The molecule has 3 aromatic rings. The number of hydrogen-bond donors (Lipinski definition) is 0. The number of carbonyl (C=O) groups excluding carboxylic acids is 2. The molecule has 0 spiro atoms. The topological polar surface area (TPSA) is 120 Å². The molecule has 0 unspecified atom stereocenters. The van der Waals surface area contributed by atoms with Crippen LogP contribution in [0, 0.1) is 15.9 Å². The van der Waals surface area contributed by atoms with Gasteiger partial charge in [0, 0.05) is 12.1 Å². The molecular weight excluding hydrogens is 421 g/mol. The van der Waals surface area contributed by atoms with E-state index in [0.29, 0.717) is 0 Å². The summed E-state index contributed by atoms with van der Waals surface area (Å²) in [6.07, 6.45) is 0. The molecule has 0 aliphatic heterocycles. The smallest absolute Gasteiger partial charge is 0.378 e. The zero-order chi connectivity index (χ0) is 23.4. The third-order valence-electron chi connectivity index (χ3n) is 4.37. The van der Waals surface area contributed by atoms with E-state index in [9.17, 15) is 24.1 Å². The number of carbonyl (C=O) groups is 2. The minimum absolute atomic E-state index is 0.115. The molecule has 0 saturated heterocycles. The second-order valence-electron chi connectivity index (χ2n) is 6.99. The van der Waals surface area contributed by atoms with Crippen LogP contribution in [0.4, 0.5) is 10.1 Å². The molecule has 0 aliphatic rings. The summed E-state index contributed by atoms with van der Waals surface area (Å²) < 4.78 is 20.5. The summed E-state index contributed by atoms with van der Waals surface area (Å²) >= 11 is 0. The number of hydrogen-bond acceptors (Lipinski definition) is 8. The highest BCUT2D eigenvalue weighted by Gasteiger charge is 2.25. The quantitative estimate of drug-likeness (QED) is 0.226. The van der Waals surface area contributed by atoms with Gasteiger partial charge in [-0.2, -0.15) is 0 Å². The standard InChI is InChI=1S/C21H20FN5O5/c1-4-32-21(29)20-23-18(12-25(2)3)26(24-20)17-10-9-13(27(30)31)11-15(17)19(28)14-7-5-6-8-16(14)22/h5-11H,4,12H2,1-3H3. The van der Waals surface area contributed by atoms with E-state index in [4.69, 9.17) is 4.74 Å². The van der Waals surface area contributed by atoms with Crippen molar-refractivity contribution < 1.29 is 23.6 Å². The van der Waals surface area contributed by atoms with Gasteiger partial charge in [0.2, 0.25) is 0 Å². The monoisotopic (exact) mass is 441 g/mol. The first-order valence-corrected chi connectivity index (χ1v) is 9.58. The Kier molecular flexibility index (Phi) is 6.69. The first-order valence-electron chi connectivity index (χ1n) is 9.58. The van der Waals surface area contributed by atoms with E-state index in [-0.39, 0.29) is 47.3 Å². The summed E-state index contributed by atoms with van der Waals surface area (Å²) in [4.78, 5) is 42.0. The minimum atomic E-state index is -0.772. The Morgan fingerprint density at radius 2 is 1.91 bits per heavy atom. The molecule has 0 fully saturated rings. The number of nitro benzene ring substituents is 1. The fourth-order valence-corrected chi connectivity index (χ4v) is 3.00. The van der Waals surface area contributed by atoms with Crippen LogP contribution in [-0.2, 0) is 11.3 Å². The predicted octanol–water partition coefficient (Wildman–Crippen LogP) is 2.78. The second kappa shape index (κ2) is 9.43. The summed E-state index contributed by atoms with van der Waals surface area (Å²) in [5.74, 6) is -2.24. The first kappa shape index (κ1) is 22.7. The Labute approximate surface area is 182 Å². The Morgan fingerprint density at radius 3 is 2.53 bits per heavy atom. The van der Waals surface area contributed by atoms with Gasteiger partial charge in [0.15, 0.2) is 5.78 Å². The third kappa shape index (κ3) is 4.67. The van der Waals surface area contributed by atoms with Crippen LogP contribution in [0.2, 0.25) is 0 Å². The van der Waals surface area contributed by atoms with Crippen molar-refractivity contribution in [3.63, 3.8) is 0 Å². The number of rotatable bonds is 8. The molecule has 32 heavy (non-hydrogen) atoms. The second-order valence-corrected chi connectivity index (χ2v) is 6.99. The number of aromatic nitrogens is 3. The van der Waals surface area contributed by atoms with Crippen molar-refractivity contribution in [3.8, 4) is 5.69 Å². The Morgan fingerprint density at radius 1 is 1.19 bits per heavy atom. The molecule has 1 heterocycles. The Balaban J connectivity index is 2.23. The van der Waals surface area contributed by atoms with Gasteiger partial charge in [-0.15, -0.1) is 5.10 Å². The van der Waals surface area contributed by atoms with Gasteiger partial charge in [-0.25, -0.2) is 18.9 Å². The van der Waals surface area contributed by atoms with Crippen LogP contribution in [0.15, 0.2) is 42.5 Å². The number of non-ortho nitro benzene ring substituents is 1. The molecule has 0 aliphatic carbocycles. The van der Waals surface area contributed by atoms with Crippen LogP contribution in [-0.4, -0.2) is 57.0 Å². The van der Waals surface area contributed by atoms with Crippen molar-refractivity contribution in [1.29, 1.82) is 0 Å². The van der Waals surface area contributed by atoms with E-state index in [0.717, 1.165) is 12.1 Å². The van der Waals surface area contributed by atoms with Gasteiger partial charge >= 0.3 is 5.97 Å². The van der Waals surface area contributed by atoms with E-state index in [1.807, 2.05) is 0 Å². The van der Waals surface area contributed by atoms with Gasteiger partial charge in [0.05, 0.1) is 34.9 Å². The molecule has 0 bridgehead atoms. The number of nitrogens with zero attached hydrogens (tertiary/aromatic N) is 5. The van der Waals surface area contributed by atoms with Crippen molar-refractivity contribution in [2.75, 3.05) is 20.7 Å². The lowest BCUT2D eigenvalue weighted by molar-refractivity contribution is -0.384. The lowest BCUT2D eigenvalue weighted by atomic mass is 10.0. The molecule has 11 heteroatoms. The SMILES string of the molecule is CCOC(=O)c1nc(CN(C)C)n(-c2ccc([N+](=O)[O-])cc2C(=O)c2ccccc2F)n1.